The van der Waals surface area contributed by atoms with Crippen molar-refractivity contribution in [3.8, 4) is 89.5 Å². The summed E-state index contributed by atoms with van der Waals surface area (Å²) in [5.41, 5.74) is 22.8. The van der Waals surface area contributed by atoms with Crippen LogP contribution in [0, 0.1) is 0 Å². The van der Waals surface area contributed by atoms with Crippen LogP contribution in [0.2, 0.25) is 0 Å². The minimum absolute atomic E-state index is 0.108. The lowest BCUT2D eigenvalue weighted by Gasteiger charge is -2.26. The van der Waals surface area contributed by atoms with Crippen molar-refractivity contribution < 1.29 is 0 Å². The smallest absolute Gasteiger partial charge is 0.160 e. The van der Waals surface area contributed by atoms with E-state index in [1.165, 1.54) is 55.6 Å². The van der Waals surface area contributed by atoms with Crippen molar-refractivity contribution in [1.82, 2.24) is 9.97 Å². The lowest BCUT2D eigenvalue weighted by molar-refractivity contribution is 0.660. The van der Waals surface area contributed by atoms with Gasteiger partial charge in [0.15, 0.2) is 5.82 Å². The van der Waals surface area contributed by atoms with Crippen LogP contribution >= 0.6 is 0 Å². The molecule has 10 aromatic carbocycles. The van der Waals surface area contributed by atoms with Crippen molar-refractivity contribution in [3.63, 3.8) is 0 Å². The van der Waals surface area contributed by atoms with E-state index in [-0.39, 0.29) is 5.41 Å². The highest BCUT2D eigenvalue weighted by Gasteiger charge is 2.35. The number of fused-ring (bicyclic) bond motifs is 3. The van der Waals surface area contributed by atoms with Crippen LogP contribution < -0.4 is 4.90 Å². The van der Waals surface area contributed by atoms with E-state index >= 15 is 0 Å². The molecule has 0 spiro atoms. The lowest BCUT2D eigenvalue weighted by atomic mass is 9.82. The molecular formula is C67H49N3. The van der Waals surface area contributed by atoms with E-state index in [0.717, 1.165) is 56.3 Å². The molecule has 1 aliphatic rings. The van der Waals surface area contributed by atoms with Crippen molar-refractivity contribution in [2.75, 3.05) is 4.90 Å². The van der Waals surface area contributed by atoms with Crippen molar-refractivity contribution in [3.05, 3.63) is 272 Å². The number of hydrogen-bond donors (Lipinski definition) is 0. The molecule has 0 atom stereocenters. The van der Waals surface area contributed by atoms with Crippen molar-refractivity contribution >= 4 is 17.1 Å². The monoisotopic (exact) mass is 895 g/mol. The molecule has 332 valence electrons. The SMILES string of the molecule is CC1(C)c2ccccc2-c2ccc(-c3cc(-c4ccc(-c5ccc(N(c6ccc(-c7ccccc7)cc6)c6ccc(-c7cccc(-c8ccccc8)c7)cc6)cc5)cc4)nc(-c4ccccc4)n3)cc21. The van der Waals surface area contributed by atoms with Gasteiger partial charge in [0.05, 0.1) is 11.4 Å². The highest BCUT2D eigenvalue weighted by atomic mass is 15.1. The van der Waals surface area contributed by atoms with Gasteiger partial charge < -0.3 is 4.90 Å². The van der Waals surface area contributed by atoms with Crippen LogP contribution in [0.1, 0.15) is 25.0 Å². The molecule has 11 aromatic rings. The molecule has 3 nitrogen and oxygen atoms in total. The zero-order valence-corrected chi connectivity index (χ0v) is 39.2. The van der Waals surface area contributed by atoms with Gasteiger partial charge in [-0.2, -0.15) is 0 Å². The molecule has 3 heteroatoms. The number of benzene rings is 10. The van der Waals surface area contributed by atoms with Crippen LogP contribution in [0.5, 0.6) is 0 Å². The first-order valence-corrected chi connectivity index (χ1v) is 24.0. The van der Waals surface area contributed by atoms with Crippen LogP contribution in [-0.4, -0.2) is 9.97 Å². The molecule has 1 aliphatic carbocycles. The summed E-state index contributed by atoms with van der Waals surface area (Å²) in [6.07, 6.45) is 0. The van der Waals surface area contributed by atoms with Crippen molar-refractivity contribution in [2.45, 2.75) is 19.3 Å². The summed E-state index contributed by atoms with van der Waals surface area (Å²) < 4.78 is 0. The molecule has 1 heterocycles. The molecular weight excluding hydrogens is 847 g/mol. The number of nitrogens with zero attached hydrogens (tertiary/aromatic N) is 3. The normalized spacial score (nSPS) is 12.3. The van der Waals surface area contributed by atoms with Crippen LogP contribution in [-0.2, 0) is 5.41 Å². The van der Waals surface area contributed by atoms with Gasteiger partial charge in [0.2, 0.25) is 0 Å². The molecule has 1 aromatic heterocycles. The average Bonchev–Trinajstić information content (AvgIpc) is 3.67. The van der Waals surface area contributed by atoms with Gasteiger partial charge in [-0.15, -0.1) is 0 Å². The largest absolute Gasteiger partial charge is 0.311 e. The quantitative estimate of drug-likeness (QED) is 0.137. The highest BCUT2D eigenvalue weighted by Crippen LogP contribution is 2.49. The zero-order valence-electron chi connectivity index (χ0n) is 39.2. The van der Waals surface area contributed by atoms with Gasteiger partial charge in [0.1, 0.15) is 0 Å². The summed E-state index contributed by atoms with van der Waals surface area (Å²) in [7, 11) is 0. The Kier molecular flexibility index (Phi) is 10.9. The summed E-state index contributed by atoms with van der Waals surface area (Å²) in [5.74, 6) is 0.710. The first-order chi connectivity index (χ1) is 34.4. The second-order valence-corrected chi connectivity index (χ2v) is 18.6. The molecule has 0 amide bonds. The maximum Gasteiger partial charge on any atom is 0.160 e. The summed E-state index contributed by atoms with van der Waals surface area (Å²) in [6.45, 7) is 4.65. The molecule has 0 bridgehead atoms. The Morgan fingerprint density at radius 2 is 0.643 bits per heavy atom. The van der Waals surface area contributed by atoms with E-state index in [2.05, 4.69) is 261 Å². The number of aromatic nitrogens is 2. The van der Waals surface area contributed by atoms with E-state index < -0.39 is 0 Å². The zero-order chi connectivity index (χ0) is 47.0. The molecule has 0 N–H and O–H groups in total. The van der Waals surface area contributed by atoms with E-state index in [1.54, 1.807) is 0 Å². The summed E-state index contributed by atoms with van der Waals surface area (Å²) in [6, 6.07) is 93.4. The Morgan fingerprint density at radius 3 is 1.19 bits per heavy atom. The highest BCUT2D eigenvalue weighted by molar-refractivity contribution is 5.85. The van der Waals surface area contributed by atoms with Crippen LogP contribution in [0.15, 0.2) is 261 Å². The second-order valence-electron chi connectivity index (χ2n) is 18.6. The first-order valence-electron chi connectivity index (χ1n) is 24.0. The fourth-order valence-corrected chi connectivity index (χ4v) is 10.2. The molecule has 0 saturated heterocycles. The third-order valence-corrected chi connectivity index (χ3v) is 13.9. The maximum atomic E-state index is 5.19. The van der Waals surface area contributed by atoms with E-state index in [4.69, 9.17) is 9.97 Å². The van der Waals surface area contributed by atoms with Gasteiger partial charge in [0, 0.05) is 39.2 Å². The molecule has 0 aliphatic heterocycles. The predicted molar refractivity (Wildman–Crippen MR) is 292 cm³/mol. The minimum Gasteiger partial charge on any atom is -0.311 e. The van der Waals surface area contributed by atoms with Crippen molar-refractivity contribution in [2.24, 2.45) is 0 Å². The summed E-state index contributed by atoms with van der Waals surface area (Å²) >= 11 is 0. The van der Waals surface area contributed by atoms with Crippen LogP contribution in [0.4, 0.5) is 17.1 Å². The van der Waals surface area contributed by atoms with Gasteiger partial charge in [-0.3, -0.25) is 0 Å². The Balaban J connectivity index is 0.858. The lowest BCUT2D eigenvalue weighted by Crippen LogP contribution is -2.14. The first kappa shape index (κ1) is 42.4. The summed E-state index contributed by atoms with van der Waals surface area (Å²) in [4.78, 5) is 12.7. The molecule has 0 unspecified atom stereocenters. The van der Waals surface area contributed by atoms with E-state index in [9.17, 15) is 0 Å². The molecule has 12 rings (SSSR count). The van der Waals surface area contributed by atoms with Gasteiger partial charge >= 0.3 is 0 Å². The average molecular weight is 896 g/mol. The maximum absolute atomic E-state index is 5.19. The Hall–Kier alpha value is -8.92. The van der Waals surface area contributed by atoms with Gasteiger partial charge in [-0.1, -0.05) is 220 Å². The Bertz CT molecular complexity index is 3620. The fraction of sp³-hybridized carbons (Fsp3) is 0.0448. The Labute approximate surface area is 410 Å². The van der Waals surface area contributed by atoms with Crippen molar-refractivity contribution in [1.29, 1.82) is 0 Å². The second kappa shape index (κ2) is 18.0. The van der Waals surface area contributed by atoms with E-state index in [0.29, 0.717) is 5.82 Å². The molecule has 0 saturated carbocycles. The van der Waals surface area contributed by atoms with Gasteiger partial charge in [-0.05, 0) is 121 Å². The van der Waals surface area contributed by atoms with Crippen LogP contribution in [0.3, 0.4) is 0 Å². The third-order valence-electron chi connectivity index (χ3n) is 13.9. The molecule has 0 radical (unpaired) electrons. The van der Waals surface area contributed by atoms with Gasteiger partial charge in [-0.25, -0.2) is 9.97 Å². The fourth-order valence-electron chi connectivity index (χ4n) is 10.2. The topological polar surface area (TPSA) is 29.0 Å². The number of rotatable bonds is 10. The van der Waals surface area contributed by atoms with Crippen LogP contribution in [0.25, 0.3) is 89.5 Å². The number of hydrogen-bond acceptors (Lipinski definition) is 3. The molecule has 0 fully saturated rings. The summed E-state index contributed by atoms with van der Waals surface area (Å²) in [5, 5.41) is 0. The third kappa shape index (κ3) is 8.08. The minimum atomic E-state index is -0.108. The predicted octanol–water partition coefficient (Wildman–Crippen LogP) is 17.9. The molecule has 70 heavy (non-hydrogen) atoms. The standard InChI is InChI=1S/C67H49N3/c1-67(2)62-24-13-12-23-60(62)61-42-35-56(44-63(61)67)65-45-64(68-66(69-65)53-19-10-5-11-20-53)52-27-25-48(26-28-52)50-31-38-58(39-32-50)70(57-36-29-49(30-37-57)46-15-6-3-7-16-46)59-40-33-51(34-41-59)55-22-14-21-54(43-55)47-17-8-4-9-18-47/h3-45H,1-2H3. The Morgan fingerprint density at radius 1 is 0.271 bits per heavy atom. The van der Waals surface area contributed by atoms with Gasteiger partial charge in [0.25, 0.3) is 0 Å². The van der Waals surface area contributed by atoms with E-state index in [1.807, 2.05) is 18.2 Å². The number of anilines is 3.